The molecular weight excluding hydrogens is 353 g/mol. The molecule has 1 atom stereocenters. The van der Waals surface area contributed by atoms with Gasteiger partial charge in [0, 0.05) is 30.7 Å². The Kier molecular flexibility index (Phi) is 5.62. The summed E-state index contributed by atoms with van der Waals surface area (Å²) < 4.78 is 14.8. The maximum absolute atomic E-state index is 13.0. The first-order chi connectivity index (χ1) is 12.6. The summed E-state index contributed by atoms with van der Waals surface area (Å²) in [6.45, 7) is 1.93. The van der Waals surface area contributed by atoms with Gasteiger partial charge in [0.05, 0.1) is 5.25 Å². The number of nitrogens with zero attached hydrogens (tertiary/aromatic N) is 4. The van der Waals surface area contributed by atoms with E-state index in [4.69, 9.17) is 0 Å². The van der Waals surface area contributed by atoms with E-state index in [9.17, 15) is 9.18 Å². The van der Waals surface area contributed by atoms with Gasteiger partial charge in [-0.25, -0.2) is 4.39 Å². The summed E-state index contributed by atoms with van der Waals surface area (Å²) in [7, 11) is 1.86. The fourth-order valence-electron chi connectivity index (χ4n) is 2.38. The van der Waals surface area contributed by atoms with Crippen LogP contribution in [-0.4, -0.2) is 30.9 Å². The smallest absolute Gasteiger partial charge is 0.237 e. The highest BCUT2D eigenvalue weighted by Gasteiger charge is 2.22. The third kappa shape index (κ3) is 4.08. The number of hydrogen-bond donors (Lipinski definition) is 1. The van der Waals surface area contributed by atoms with Crippen molar-refractivity contribution in [1.29, 1.82) is 0 Å². The van der Waals surface area contributed by atoms with Crippen LogP contribution in [0.4, 0.5) is 10.1 Å². The minimum absolute atomic E-state index is 0.155. The fourth-order valence-corrected chi connectivity index (χ4v) is 3.30. The maximum atomic E-state index is 13.0. The van der Waals surface area contributed by atoms with Crippen LogP contribution < -0.4 is 5.32 Å². The standard InChI is InChI=1S/C18H18FN5OS/c1-3-15(17(25)21-14-6-4-13(19)5-7-14)26-18-23-22-16(24(18)2)12-8-10-20-11-9-12/h4-11,15H,3H2,1-2H3,(H,21,25). The monoisotopic (exact) mass is 371 g/mol. The molecule has 0 aliphatic heterocycles. The Labute approximate surface area is 154 Å². The van der Waals surface area contributed by atoms with Gasteiger partial charge in [0.25, 0.3) is 0 Å². The zero-order valence-electron chi connectivity index (χ0n) is 14.4. The van der Waals surface area contributed by atoms with Crippen LogP contribution in [0, 0.1) is 5.82 Å². The summed E-state index contributed by atoms with van der Waals surface area (Å²) in [6, 6.07) is 9.41. The first kappa shape index (κ1) is 18.1. The number of halogens is 1. The second-order valence-corrected chi connectivity index (χ2v) is 6.78. The van der Waals surface area contributed by atoms with Crippen LogP contribution in [0.2, 0.25) is 0 Å². The fraction of sp³-hybridized carbons (Fsp3) is 0.222. The van der Waals surface area contributed by atoms with Crippen molar-refractivity contribution in [2.24, 2.45) is 7.05 Å². The second kappa shape index (κ2) is 8.09. The van der Waals surface area contributed by atoms with Crippen molar-refractivity contribution in [1.82, 2.24) is 19.7 Å². The highest BCUT2D eigenvalue weighted by atomic mass is 32.2. The number of amides is 1. The van der Waals surface area contributed by atoms with E-state index in [-0.39, 0.29) is 17.0 Å². The molecule has 1 aromatic carbocycles. The molecule has 134 valence electrons. The van der Waals surface area contributed by atoms with Crippen molar-refractivity contribution < 1.29 is 9.18 Å². The van der Waals surface area contributed by atoms with Crippen LogP contribution in [-0.2, 0) is 11.8 Å². The molecule has 0 radical (unpaired) electrons. The summed E-state index contributed by atoms with van der Waals surface area (Å²) in [4.78, 5) is 16.5. The molecular formula is C18H18FN5OS. The summed E-state index contributed by atoms with van der Waals surface area (Å²) in [5.41, 5.74) is 1.47. The molecule has 0 spiro atoms. The number of aromatic nitrogens is 4. The van der Waals surface area contributed by atoms with Gasteiger partial charge >= 0.3 is 0 Å². The SMILES string of the molecule is CCC(Sc1nnc(-c2ccncc2)n1C)C(=O)Nc1ccc(F)cc1. The van der Waals surface area contributed by atoms with E-state index in [2.05, 4.69) is 20.5 Å². The van der Waals surface area contributed by atoms with Crippen LogP contribution >= 0.6 is 11.8 Å². The minimum atomic E-state index is -0.341. The Hall–Kier alpha value is -2.74. The first-order valence-corrected chi connectivity index (χ1v) is 8.99. The summed E-state index contributed by atoms with van der Waals surface area (Å²) in [5, 5.41) is 11.5. The van der Waals surface area contributed by atoms with Crippen molar-refractivity contribution in [2.45, 2.75) is 23.8 Å². The number of carbonyl (C=O) groups excluding carboxylic acids is 1. The van der Waals surface area contributed by atoms with Gasteiger partial charge in [-0.05, 0) is 42.8 Å². The third-order valence-electron chi connectivity index (χ3n) is 3.80. The average molecular weight is 371 g/mol. The van der Waals surface area contributed by atoms with E-state index < -0.39 is 0 Å². The number of anilines is 1. The molecule has 1 amide bonds. The number of benzene rings is 1. The van der Waals surface area contributed by atoms with Gasteiger partial charge < -0.3 is 9.88 Å². The van der Waals surface area contributed by atoms with Gasteiger partial charge in [0.1, 0.15) is 5.82 Å². The molecule has 2 heterocycles. The van der Waals surface area contributed by atoms with Crippen molar-refractivity contribution in [3.8, 4) is 11.4 Å². The number of hydrogen-bond acceptors (Lipinski definition) is 5. The Bertz CT molecular complexity index is 882. The largest absolute Gasteiger partial charge is 0.325 e. The summed E-state index contributed by atoms with van der Waals surface area (Å²) >= 11 is 1.35. The van der Waals surface area contributed by atoms with E-state index in [0.717, 1.165) is 5.56 Å². The number of pyridine rings is 1. The lowest BCUT2D eigenvalue weighted by atomic mass is 10.2. The van der Waals surface area contributed by atoms with Crippen molar-refractivity contribution in [2.75, 3.05) is 5.32 Å². The number of nitrogens with one attached hydrogen (secondary N) is 1. The normalized spacial score (nSPS) is 12.0. The van der Waals surface area contributed by atoms with E-state index in [1.54, 1.807) is 12.4 Å². The molecule has 0 bridgehead atoms. The topological polar surface area (TPSA) is 72.7 Å². The molecule has 26 heavy (non-hydrogen) atoms. The molecule has 8 heteroatoms. The molecule has 1 unspecified atom stereocenters. The Morgan fingerprint density at radius 2 is 1.88 bits per heavy atom. The Balaban J connectivity index is 1.73. The molecule has 0 fully saturated rings. The zero-order chi connectivity index (χ0) is 18.5. The highest BCUT2D eigenvalue weighted by Crippen LogP contribution is 2.27. The van der Waals surface area contributed by atoms with Crippen molar-refractivity contribution in [3.05, 3.63) is 54.6 Å². The molecule has 0 aliphatic rings. The molecule has 3 rings (SSSR count). The van der Waals surface area contributed by atoms with Gasteiger partial charge in [0.15, 0.2) is 11.0 Å². The van der Waals surface area contributed by atoms with E-state index >= 15 is 0 Å². The lowest BCUT2D eigenvalue weighted by Crippen LogP contribution is -2.25. The molecule has 0 saturated carbocycles. The van der Waals surface area contributed by atoms with Gasteiger partial charge in [-0.2, -0.15) is 0 Å². The van der Waals surface area contributed by atoms with Gasteiger partial charge in [-0.15, -0.1) is 10.2 Å². The highest BCUT2D eigenvalue weighted by molar-refractivity contribution is 8.00. The number of thioether (sulfide) groups is 1. The van der Waals surface area contributed by atoms with Gasteiger partial charge in [-0.3, -0.25) is 9.78 Å². The molecule has 3 aromatic rings. The van der Waals surface area contributed by atoms with Crippen LogP contribution in [0.25, 0.3) is 11.4 Å². The minimum Gasteiger partial charge on any atom is -0.325 e. The predicted octanol–water partition coefficient (Wildman–Crippen LogP) is 3.53. The lowest BCUT2D eigenvalue weighted by molar-refractivity contribution is -0.115. The third-order valence-corrected chi connectivity index (χ3v) is 5.19. The summed E-state index contributed by atoms with van der Waals surface area (Å²) in [6.07, 6.45) is 4.01. The number of carbonyl (C=O) groups is 1. The average Bonchev–Trinajstić information content (AvgIpc) is 3.02. The molecule has 6 nitrogen and oxygen atoms in total. The van der Waals surface area contributed by atoms with Crippen LogP contribution in [0.5, 0.6) is 0 Å². The Morgan fingerprint density at radius 3 is 2.54 bits per heavy atom. The molecule has 2 aromatic heterocycles. The number of rotatable bonds is 6. The van der Waals surface area contributed by atoms with Crippen molar-refractivity contribution in [3.63, 3.8) is 0 Å². The van der Waals surface area contributed by atoms with E-state index in [1.807, 2.05) is 30.7 Å². The van der Waals surface area contributed by atoms with Gasteiger partial charge in [0.2, 0.25) is 5.91 Å². The quantitative estimate of drug-likeness (QED) is 0.671. The van der Waals surface area contributed by atoms with Crippen LogP contribution in [0.15, 0.2) is 53.9 Å². The van der Waals surface area contributed by atoms with Crippen LogP contribution in [0.3, 0.4) is 0 Å². The van der Waals surface area contributed by atoms with E-state index in [0.29, 0.717) is 23.1 Å². The first-order valence-electron chi connectivity index (χ1n) is 8.11. The lowest BCUT2D eigenvalue weighted by Gasteiger charge is -2.14. The van der Waals surface area contributed by atoms with Crippen molar-refractivity contribution >= 4 is 23.4 Å². The molecule has 0 saturated heterocycles. The van der Waals surface area contributed by atoms with Crippen LogP contribution in [0.1, 0.15) is 13.3 Å². The molecule has 1 N–H and O–H groups in total. The summed E-state index contributed by atoms with van der Waals surface area (Å²) in [5.74, 6) is 0.216. The maximum Gasteiger partial charge on any atom is 0.237 e. The van der Waals surface area contributed by atoms with E-state index in [1.165, 1.54) is 36.0 Å². The Morgan fingerprint density at radius 1 is 1.19 bits per heavy atom. The molecule has 0 aliphatic carbocycles. The second-order valence-electron chi connectivity index (χ2n) is 5.61. The zero-order valence-corrected chi connectivity index (χ0v) is 15.2. The predicted molar refractivity (Wildman–Crippen MR) is 99.2 cm³/mol. The van der Waals surface area contributed by atoms with Gasteiger partial charge in [-0.1, -0.05) is 18.7 Å².